The monoisotopic (exact) mass is 394 g/mol. The van der Waals surface area contributed by atoms with Gasteiger partial charge in [0, 0.05) is 27.3 Å². The molecule has 1 aromatic carbocycles. The van der Waals surface area contributed by atoms with E-state index < -0.39 is 32.2 Å². The maximum Gasteiger partial charge on any atom is 0.330 e. The molecule has 0 saturated carbocycles. The van der Waals surface area contributed by atoms with Crippen LogP contribution in [-0.4, -0.2) is 33.9 Å². The fourth-order valence-electron chi connectivity index (χ4n) is 2.54. The van der Waals surface area contributed by atoms with Crippen molar-refractivity contribution in [3.63, 3.8) is 0 Å². The lowest BCUT2D eigenvalue weighted by Crippen LogP contribution is -2.42. The van der Waals surface area contributed by atoms with E-state index in [1.54, 1.807) is 6.92 Å². The summed E-state index contributed by atoms with van der Waals surface area (Å²) in [6.45, 7) is 1.71. The lowest BCUT2D eigenvalue weighted by Gasteiger charge is -2.22. The molecule has 3 aromatic rings. The number of sulfonamides is 1. The number of hydrogen-bond acceptors (Lipinski definition) is 6. The average Bonchev–Trinajstić information content (AvgIpc) is 3.05. The van der Waals surface area contributed by atoms with E-state index in [0.717, 1.165) is 29.9 Å². The van der Waals surface area contributed by atoms with Gasteiger partial charge in [-0.25, -0.2) is 18.2 Å². The van der Waals surface area contributed by atoms with E-state index in [2.05, 4.69) is 4.98 Å². The molecule has 0 N–H and O–H groups in total. The van der Waals surface area contributed by atoms with Gasteiger partial charge in [-0.3, -0.25) is 9.36 Å². The molecule has 3 rings (SSSR count). The zero-order valence-corrected chi connectivity index (χ0v) is 16.3. The van der Waals surface area contributed by atoms with E-state index in [9.17, 15) is 18.0 Å². The Morgan fingerprint density at radius 1 is 1.19 bits per heavy atom. The first-order valence-corrected chi connectivity index (χ1v) is 10.0. The topological polar surface area (TPSA) is 94.3 Å². The molecule has 0 fully saturated rings. The molecule has 0 aliphatic rings. The molecule has 10 heteroatoms. The average molecular weight is 394 g/mol. The number of aryl methyl sites for hydroxylation is 1. The van der Waals surface area contributed by atoms with Gasteiger partial charge in [0.05, 0.1) is 16.3 Å². The van der Waals surface area contributed by atoms with Crippen LogP contribution in [0.3, 0.4) is 0 Å². The van der Waals surface area contributed by atoms with Crippen LogP contribution in [0.2, 0.25) is 0 Å². The van der Waals surface area contributed by atoms with Crippen LogP contribution in [0.25, 0.3) is 10.2 Å². The second-order valence-corrected chi connectivity index (χ2v) is 9.00. The largest absolute Gasteiger partial charge is 0.330 e. The molecule has 1 atom stereocenters. The van der Waals surface area contributed by atoms with Crippen molar-refractivity contribution in [1.29, 1.82) is 0 Å². The standard InChI is InChI=1S/C16H18N4O4S2/c1-10(14-17-11-7-5-6-8-12(11)25-14)20(4)26(23,24)13-9-18(2)16(22)19(3)15(13)21/h5-10H,1-4H3/t10-/m1/s1. The predicted molar refractivity (Wildman–Crippen MR) is 99.9 cm³/mol. The highest BCUT2D eigenvalue weighted by atomic mass is 32.2. The normalized spacial score (nSPS) is 13.4. The smallest absolute Gasteiger partial charge is 0.302 e. The summed E-state index contributed by atoms with van der Waals surface area (Å²) in [6.07, 6.45) is 1.06. The zero-order valence-electron chi connectivity index (χ0n) is 14.7. The third-order valence-corrected chi connectivity index (χ3v) is 7.40. The Balaban J connectivity index is 2.07. The van der Waals surface area contributed by atoms with Crippen LogP contribution in [0.4, 0.5) is 0 Å². The van der Waals surface area contributed by atoms with Gasteiger partial charge in [-0.15, -0.1) is 11.3 Å². The summed E-state index contributed by atoms with van der Waals surface area (Å²) in [5, 5.41) is 0.624. The third kappa shape index (κ3) is 2.89. The molecule has 2 heterocycles. The maximum absolute atomic E-state index is 13.0. The van der Waals surface area contributed by atoms with Crippen LogP contribution < -0.4 is 11.2 Å². The minimum atomic E-state index is -4.11. The number of rotatable bonds is 4. The van der Waals surface area contributed by atoms with Crippen LogP contribution in [0.15, 0.2) is 44.9 Å². The van der Waals surface area contributed by atoms with Crippen LogP contribution in [-0.2, 0) is 24.1 Å². The molecule has 0 saturated heterocycles. The molecule has 0 amide bonds. The van der Waals surface area contributed by atoms with E-state index in [-0.39, 0.29) is 0 Å². The number of para-hydroxylation sites is 1. The Hall–Kier alpha value is -2.30. The molecule has 0 unspecified atom stereocenters. The van der Waals surface area contributed by atoms with Gasteiger partial charge in [0.15, 0.2) is 4.90 Å². The van der Waals surface area contributed by atoms with Crippen molar-refractivity contribution in [2.75, 3.05) is 7.05 Å². The summed E-state index contributed by atoms with van der Waals surface area (Å²) in [7, 11) is -0.0587. The van der Waals surface area contributed by atoms with Crippen molar-refractivity contribution >= 4 is 31.6 Å². The van der Waals surface area contributed by atoms with Crippen molar-refractivity contribution in [3.05, 3.63) is 56.3 Å². The quantitative estimate of drug-likeness (QED) is 0.660. The van der Waals surface area contributed by atoms with Crippen LogP contribution >= 0.6 is 11.3 Å². The Morgan fingerprint density at radius 3 is 2.50 bits per heavy atom. The first-order chi connectivity index (χ1) is 12.1. The fourth-order valence-corrected chi connectivity index (χ4v) is 5.14. The van der Waals surface area contributed by atoms with Crippen molar-refractivity contribution < 1.29 is 8.42 Å². The molecule has 0 aliphatic carbocycles. The zero-order chi connectivity index (χ0) is 19.2. The van der Waals surface area contributed by atoms with Gasteiger partial charge < -0.3 is 4.57 Å². The molecule has 138 valence electrons. The summed E-state index contributed by atoms with van der Waals surface area (Å²) in [6, 6.07) is 6.97. The van der Waals surface area contributed by atoms with Crippen LogP contribution in [0.5, 0.6) is 0 Å². The molecule has 0 bridgehead atoms. The van der Waals surface area contributed by atoms with E-state index >= 15 is 0 Å². The third-order valence-electron chi connectivity index (χ3n) is 4.29. The van der Waals surface area contributed by atoms with E-state index in [1.165, 1.54) is 32.5 Å². The molecule has 0 spiro atoms. The summed E-state index contributed by atoms with van der Waals surface area (Å²) in [5.41, 5.74) is -0.643. The Labute approximate surface area is 154 Å². The number of thiazole rings is 1. The minimum absolute atomic E-state index is 0.447. The molecule has 26 heavy (non-hydrogen) atoms. The van der Waals surface area contributed by atoms with Crippen molar-refractivity contribution in [2.24, 2.45) is 14.1 Å². The lowest BCUT2D eigenvalue weighted by molar-refractivity contribution is 0.395. The highest BCUT2D eigenvalue weighted by Crippen LogP contribution is 2.30. The number of aromatic nitrogens is 3. The molecule has 8 nitrogen and oxygen atoms in total. The summed E-state index contributed by atoms with van der Waals surface area (Å²) < 4.78 is 29.9. The van der Waals surface area contributed by atoms with Crippen molar-refractivity contribution in [2.45, 2.75) is 17.9 Å². The van der Waals surface area contributed by atoms with E-state index in [1.807, 2.05) is 24.3 Å². The first-order valence-electron chi connectivity index (χ1n) is 7.74. The summed E-state index contributed by atoms with van der Waals surface area (Å²) in [4.78, 5) is 28.2. The van der Waals surface area contributed by atoms with Crippen LogP contribution in [0.1, 0.15) is 18.0 Å². The number of hydrogen-bond donors (Lipinski definition) is 0. The van der Waals surface area contributed by atoms with Crippen molar-refractivity contribution in [1.82, 2.24) is 18.4 Å². The van der Waals surface area contributed by atoms with Gasteiger partial charge in [0.1, 0.15) is 5.01 Å². The summed E-state index contributed by atoms with van der Waals surface area (Å²) in [5.74, 6) is 0. The predicted octanol–water partition coefficient (Wildman–Crippen LogP) is 1.08. The second-order valence-electron chi connectivity index (χ2n) is 5.97. The SMILES string of the molecule is C[C@H](c1nc2ccccc2s1)N(C)S(=O)(=O)c1cn(C)c(=O)n(C)c1=O. The first kappa shape index (κ1) is 18.5. The van der Waals surface area contributed by atoms with Gasteiger partial charge in [-0.1, -0.05) is 12.1 Å². The Morgan fingerprint density at radius 2 is 1.85 bits per heavy atom. The molecular weight excluding hydrogens is 376 g/mol. The molecule has 0 aliphatic heterocycles. The number of nitrogens with zero attached hydrogens (tertiary/aromatic N) is 4. The Bertz CT molecular complexity index is 1170. The Kier molecular flexibility index (Phi) is 4.59. The fraction of sp³-hybridized carbons (Fsp3) is 0.312. The van der Waals surface area contributed by atoms with Gasteiger partial charge in [0.25, 0.3) is 5.56 Å². The summed E-state index contributed by atoms with van der Waals surface area (Å²) >= 11 is 1.40. The van der Waals surface area contributed by atoms with Gasteiger partial charge in [-0.2, -0.15) is 4.31 Å². The lowest BCUT2D eigenvalue weighted by atomic mass is 10.3. The van der Waals surface area contributed by atoms with Crippen molar-refractivity contribution in [3.8, 4) is 0 Å². The second kappa shape index (κ2) is 6.45. The van der Waals surface area contributed by atoms with E-state index in [4.69, 9.17) is 0 Å². The van der Waals surface area contributed by atoms with Crippen LogP contribution in [0, 0.1) is 0 Å². The molecule has 2 aromatic heterocycles. The van der Waals surface area contributed by atoms with Gasteiger partial charge >= 0.3 is 5.69 Å². The van der Waals surface area contributed by atoms with Gasteiger partial charge in [-0.05, 0) is 19.1 Å². The number of benzene rings is 1. The molecular formula is C16H18N4O4S2. The number of fused-ring (bicyclic) bond motifs is 1. The maximum atomic E-state index is 13.0. The molecule has 0 radical (unpaired) electrons. The van der Waals surface area contributed by atoms with E-state index in [0.29, 0.717) is 5.01 Å². The highest BCUT2D eigenvalue weighted by Gasteiger charge is 2.31. The minimum Gasteiger partial charge on any atom is -0.302 e. The highest BCUT2D eigenvalue weighted by molar-refractivity contribution is 7.89. The van der Waals surface area contributed by atoms with Gasteiger partial charge in [0.2, 0.25) is 10.0 Å².